The maximum atomic E-state index is 13.6. The van der Waals surface area contributed by atoms with Crippen LogP contribution in [0.3, 0.4) is 0 Å². The van der Waals surface area contributed by atoms with E-state index in [1.165, 1.54) is 12.1 Å². The van der Waals surface area contributed by atoms with E-state index in [1.807, 2.05) is 0 Å². The Morgan fingerprint density at radius 3 is 2.68 bits per heavy atom. The van der Waals surface area contributed by atoms with E-state index in [1.54, 1.807) is 6.07 Å². The summed E-state index contributed by atoms with van der Waals surface area (Å²) in [4.78, 5) is -0.147. The Hall–Kier alpha value is -2.47. The Balaban J connectivity index is 2.00. The lowest BCUT2D eigenvalue weighted by Crippen LogP contribution is -2.20. The second kappa shape index (κ2) is 6.44. The van der Waals surface area contributed by atoms with E-state index in [2.05, 4.69) is 4.74 Å². The summed E-state index contributed by atoms with van der Waals surface area (Å²) in [5, 5.41) is 8.83. The Bertz CT molecular complexity index is 866. The minimum atomic E-state index is -3.56. The van der Waals surface area contributed by atoms with Gasteiger partial charge in [0.15, 0.2) is 0 Å². The van der Waals surface area contributed by atoms with Gasteiger partial charge in [-0.2, -0.15) is 22.8 Å². The lowest BCUT2D eigenvalue weighted by atomic mass is 10.1. The Kier molecular flexibility index (Phi) is 4.47. The van der Waals surface area contributed by atoms with Crippen molar-refractivity contribution in [1.82, 2.24) is 0 Å². The highest BCUT2D eigenvalue weighted by Gasteiger charge is 2.43. The molecule has 1 heterocycles. The molecule has 0 aromatic heterocycles. The summed E-state index contributed by atoms with van der Waals surface area (Å²) in [5.74, 6) is -4.10. The first-order valence-corrected chi connectivity index (χ1v) is 7.71. The van der Waals surface area contributed by atoms with Crippen LogP contribution in [0.15, 0.2) is 35.2 Å². The summed E-state index contributed by atoms with van der Waals surface area (Å²) in [5.41, 5.74) is -0.114. The van der Waals surface area contributed by atoms with Gasteiger partial charge in [0.25, 0.3) is 5.76 Å². The van der Waals surface area contributed by atoms with Gasteiger partial charge in [-0.25, -0.2) is 4.39 Å². The Morgan fingerprint density at radius 2 is 2.00 bits per heavy atom. The van der Waals surface area contributed by atoms with Gasteiger partial charge in [-0.3, -0.25) is 0 Å². The summed E-state index contributed by atoms with van der Waals surface area (Å²) in [6.45, 7) is 0. The second-order valence-corrected chi connectivity index (χ2v) is 6.09. The van der Waals surface area contributed by atoms with Crippen LogP contribution in [0.25, 0.3) is 0 Å². The summed E-state index contributed by atoms with van der Waals surface area (Å²) < 4.78 is 75.6. The molecule has 0 radical (unpaired) electrons. The molecule has 0 atom stereocenters. The van der Waals surface area contributed by atoms with Crippen molar-refractivity contribution in [2.24, 2.45) is 0 Å². The molecular formula is C16H8F5NO2S. The predicted octanol–water partition coefficient (Wildman–Crippen LogP) is 5.33. The number of nitriles is 1. The summed E-state index contributed by atoms with van der Waals surface area (Å²) in [6.07, 6.45) is -4.42. The third-order valence-electron chi connectivity index (χ3n) is 3.26. The monoisotopic (exact) mass is 373 g/mol. The molecule has 3 nitrogen and oxygen atoms in total. The molecule has 0 saturated carbocycles. The van der Waals surface area contributed by atoms with Gasteiger partial charge in [0.1, 0.15) is 23.1 Å². The minimum absolute atomic E-state index is 0.0156. The van der Waals surface area contributed by atoms with E-state index >= 15 is 0 Å². The first-order valence-electron chi connectivity index (χ1n) is 6.83. The molecule has 0 spiro atoms. The molecule has 130 valence electrons. The number of rotatable bonds is 4. The highest BCUT2D eigenvalue weighted by Crippen LogP contribution is 2.49. The van der Waals surface area contributed by atoms with Gasteiger partial charge in [0.05, 0.1) is 22.9 Å². The lowest BCUT2D eigenvalue weighted by Gasteiger charge is -2.12. The Labute approximate surface area is 143 Å². The van der Waals surface area contributed by atoms with Gasteiger partial charge < -0.3 is 9.47 Å². The molecule has 1 aliphatic rings. The van der Waals surface area contributed by atoms with E-state index in [0.29, 0.717) is 0 Å². The van der Waals surface area contributed by atoms with Crippen molar-refractivity contribution in [3.05, 3.63) is 47.3 Å². The lowest BCUT2D eigenvalue weighted by molar-refractivity contribution is -0.160. The molecule has 0 N–H and O–H groups in total. The van der Waals surface area contributed by atoms with Crippen LogP contribution in [0.5, 0.6) is 17.2 Å². The van der Waals surface area contributed by atoms with E-state index in [0.717, 1.165) is 18.2 Å². The molecule has 2 aromatic carbocycles. The van der Waals surface area contributed by atoms with E-state index in [9.17, 15) is 22.0 Å². The van der Waals surface area contributed by atoms with Crippen LogP contribution in [-0.4, -0.2) is 11.9 Å². The highest BCUT2D eigenvalue weighted by atomic mass is 32.2. The van der Waals surface area contributed by atoms with Crippen molar-refractivity contribution in [3.63, 3.8) is 0 Å². The number of benzene rings is 2. The minimum Gasteiger partial charge on any atom is -0.457 e. The van der Waals surface area contributed by atoms with Gasteiger partial charge >= 0.3 is 6.11 Å². The molecular weight excluding hydrogens is 365 g/mol. The van der Waals surface area contributed by atoms with E-state index in [-0.39, 0.29) is 45.0 Å². The smallest absolute Gasteiger partial charge is 0.402 e. The molecule has 0 saturated heterocycles. The van der Waals surface area contributed by atoms with Crippen molar-refractivity contribution in [2.75, 3.05) is 0 Å². The third-order valence-corrected chi connectivity index (χ3v) is 4.01. The van der Waals surface area contributed by atoms with Gasteiger partial charge in [-0.1, -0.05) is 11.8 Å². The topological polar surface area (TPSA) is 42.2 Å². The van der Waals surface area contributed by atoms with Crippen LogP contribution in [0, 0.1) is 17.1 Å². The van der Waals surface area contributed by atoms with Crippen LogP contribution >= 0.6 is 11.8 Å². The maximum absolute atomic E-state index is 13.6. The van der Waals surface area contributed by atoms with Crippen LogP contribution in [-0.2, 0) is 6.42 Å². The molecule has 0 fully saturated rings. The second-order valence-electron chi connectivity index (χ2n) is 5.05. The average Bonchev–Trinajstić information content (AvgIpc) is 2.84. The van der Waals surface area contributed by atoms with Crippen molar-refractivity contribution in [2.45, 2.75) is 23.2 Å². The zero-order valence-corrected chi connectivity index (χ0v) is 13.0. The molecule has 0 aliphatic carbocycles. The zero-order chi connectivity index (χ0) is 18.2. The number of nitrogens with zero attached hydrogens (tertiary/aromatic N) is 1. The van der Waals surface area contributed by atoms with E-state index < -0.39 is 24.1 Å². The summed E-state index contributed by atoms with van der Waals surface area (Å²) >= 11 is 0.0778. The number of fused-ring (bicyclic) bond motifs is 1. The maximum Gasteiger partial charge on any atom is 0.402 e. The van der Waals surface area contributed by atoms with Crippen molar-refractivity contribution >= 4 is 11.8 Å². The zero-order valence-electron chi connectivity index (χ0n) is 12.2. The fourth-order valence-electron chi connectivity index (χ4n) is 2.36. The van der Waals surface area contributed by atoms with Crippen molar-refractivity contribution < 1.29 is 31.4 Å². The van der Waals surface area contributed by atoms with Gasteiger partial charge in [0, 0.05) is 11.6 Å². The molecule has 0 unspecified atom stereocenters. The first-order chi connectivity index (χ1) is 11.8. The number of hydrogen-bond acceptors (Lipinski definition) is 4. The fraction of sp³-hybridized carbons (Fsp3) is 0.188. The van der Waals surface area contributed by atoms with Crippen LogP contribution < -0.4 is 9.47 Å². The number of halogens is 5. The standard InChI is InChI=1S/C16H8F5NO2S/c17-9-3-8(7-22)4-10(5-9)23-12-1-2-13(25-15(18)19)14-11(12)6-16(20,21)24-14/h1-5,15H,6H2. The largest absolute Gasteiger partial charge is 0.457 e. The van der Waals surface area contributed by atoms with Crippen molar-refractivity contribution in [1.29, 1.82) is 5.26 Å². The van der Waals surface area contributed by atoms with Gasteiger partial charge in [-0.05, 0) is 24.3 Å². The SMILES string of the molecule is N#Cc1cc(F)cc(Oc2ccc(SC(F)F)c3c2CC(F)(F)O3)c1. The molecule has 0 bridgehead atoms. The highest BCUT2D eigenvalue weighted by molar-refractivity contribution is 7.99. The van der Waals surface area contributed by atoms with Crippen LogP contribution in [0.4, 0.5) is 22.0 Å². The van der Waals surface area contributed by atoms with Crippen LogP contribution in [0.2, 0.25) is 0 Å². The number of thioether (sulfide) groups is 1. The van der Waals surface area contributed by atoms with Gasteiger partial charge in [0.2, 0.25) is 0 Å². The summed E-state index contributed by atoms with van der Waals surface area (Å²) in [7, 11) is 0. The van der Waals surface area contributed by atoms with Crippen molar-refractivity contribution in [3.8, 4) is 23.3 Å². The summed E-state index contributed by atoms with van der Waals surface area (Å²) in [6, 6.07) is 7.32. The predicted molar refractivity (Wildman–Crippen MR) is 78.8 cm³/mol. The van der Waals surface area contributed by atoms with E-state index in [4.69, 9.17) is 10.00 Å². The normalized spacial score (nSPS) is 14.8. The van der Waals surface area contributed by atoms with Gasteiger partial charge in [-0.15, -0.1) is 0 Å². The Morgan fingerprint density at radius 1 is 1.24 bits per heavy atom. The first kappa shape index (κ1) is 17.4. The third kappa shape index (κ3) is 3.79. The number of alkyl halides is 4. The average molecular weight is 373 g/mol. The molecule has 3 rings (SSSR count). The quantitative estimate of drug-likeness (QED) is 0.537. The molecule has 1 aliphatic heterocycles. The number of ether oxygens (including phenoxy) is 2. The molecule has 25 heavy (non-hydrogen) atoms. The molecule has 9 heteroatoms. The molecule has 2 aromatic rings. The number of hydrogen-bond donors (Lipinski definition) is 0. The fourth-order valence-corrected chi connectivity index (χ4v) is 2.97. The van der Waals surface area contributed by atoms with Crippen LogP contribution in [0.1, 0.15) is 11.1 Å². The molecule has 0 amide bonds.